The van der Waals surface area contributed by atoms with E-state index in [9.17, 15) is 4.39 Å². The van der Waals surface area contributed by atoms with Crippen molar-refractivity contribution >= 4 is 17.4 Å². The van der Waals surface area contributed by atoms with Crippen LogP contribution in [-0.2, 0) is 4.74 Å². The molecular formula is C15H14ClFN2O2. The Bertz CT molecular complexity index is 709. The molecule has 6 heteroatoms. The van der Waals surface area contributed by atoms with E-state index in [-0.39, 0.29) is 10.6 Å². The van der Waals surface area contributed by atoms with Crippen LogP contribution in [0.3, 0.4) is 0 Å². The number of allylic oxidation sites excluding steroid dienone is 1. The van der Waals surface area contributed by atoms with Gasteiger partial charge in [-0.15, -0.1) is 0 Å². The largest absolute Gasteiger partial charge is 0.482 e. The molecule has 0 fully saturated rings. The monoisotopic (exact) mass is 308 g/mol. The first kappa shape index (κ1) is 14.1. The Morgan fingerprint density at radius 3 is 2.86 bits per heavy atom. The zero-order valence-electron chi connectivity index (χ0n) is 11.7. The van der Waals surface area contributed by atoms with Gasteiger partial charge in [0.1, 0.15) is 11.4 Å². The Balaban J connectivity index is 1.90. The van der Waals surface area contributed by atoms with Crippen LogP contribution in [-0.4, -0.2) is 15.7 Å². The predicted octanol–water partition coefficient (Wildman–Crippen LogP) is 4.46. The second kappa shape index (κ2) is 5.15. The maximum atomic E-state index is 13.5. The predicted molar refractivity (Wildman–Crippen MR) is 77.1 cm³/mol. The van der Waals surface area contributed by atoms with Gasteiger partial charge >= 0.3 is 0 Å². The molecule has 0 radical (unpaired) electrons. The standard InChI is InChI=1S/C15H14ClFN2O2/c1-15(2)7-3-4-12(20-15)14-18-13(19-21-14)9-5-6-10(16)11(17)8-9/h4-6,8H,3,7H2,1-2H3. The molecule has 1 aromatic heterocycles. The highest BCUT2D eigenvalue weighted by molar-refractivity contribution is 6.30. The van der Waals surface area contributed by atoms with Gasteiger partial charge in [0, 0.05) is 5.56 Å². The van der Waals surface area contributed by atoms with E-state index in [1.807, 2.05) is 19.9 Å². The first-order valence-electron chi connectivity index (χ1n) is 6.63. The zero-order chi connectivity index (χ0) is 15.0. The molecule has 2 aromatic rings. The van der Waals surface area contributed by atoms with Crippen LogP contribution in [0.5, 0.6) is 0 Å². The van der Waals surface area contributed by atoms with Crippen molar-refractivity contribution in [1.82, 2.24) is 10.1 Å². The molecule has 1 aliphatic rings. The maximum Gasteiger partial charge on any atom is 0.292 e. The average Bonchev–Trinajstić information content (AvgIpc) is 2.90. The second-order valence-electron chi connectivity index (χ2n) is 5.52. The summed E-state index contributed by atoms with van der Waals surface area (Å²) in [7, 11) is 0. The summed E-state index contributed by atoms with van der Waals surface area (Å²) in [6.07, 6.45) is 3.74. The zero-order valence-corrected chi connectivity index (χ0v) is 12.4. The fraction of sp³-hybridized carbons (Fsp3) is 0.333. The summed E-state index contributed by atoms with van der Waals surface area (Å²) in [6, 6.07) is 4.37. The average molecular weight is 309 g/mol. The number of nitrogens with zero attached hydrogens (tertiary/aromatic N) is 2. The fourth-order valence-corrected chi connectivity index (χ4v) is 2.27. The van der Waals surface area contributed by atoms with Crippen molar-refractivity contribution in [3.05, 3.63) is 41.0 Å². The third kappa shape index (κ3) is 2.93. The summed E-state index contributed by atoms with van der Waals surface area (Å²) < 4.78 is 24.5. The van der Waals surface area contributed by atoms with Gasteiger partial charge in [0.25, 0.3) is 5.89 Å². The molecule has 0 spiro atoms. The number of ether oxygens (including phenoxy) is 1. The van der Waals surface area contributed by atoms with Crippen LogP contribution in [0.1, 0.15) is 32.6 Å². The first-order chi connectivity index (χ1) is 9.94. The molecular weight excluding hydrogens is 295 g/mol. The van der Waals surface area contributed by atoms with E-state index in [0.717, 1.165) is 12.8 Å². The minimum atomic E-state index is -0.519. The number of benzene rings is 1. The van der Waals surface area contributed by atoms with Crippen molar-refractivity contribution in [2.45, 2.75) is 32.3 Å². The lowest BCUT2D eigenvalue weighted by atomic mass is 9.99. The normalized spacial score (nSPS) is 17.2. The molecule has 0 saturated heterocycles. The van der Waals surface area contributed by atoms with Crippen molar-refractivity contribution in [2.24, 2.45) is 0 Å². The molecule has 0 aliphatic carbocycles. The molecule has 4 nitrogen and oxygen atoms in total. The van der Waals surface area contributed by atoms with Crippen LogP contribution in [0.2, 0.25) is 5.02 Å². The van der Waals surface area contributed by atoms with Crippen LogP contribution in [0.4, 0.5) is 4.39 Å². The minimum Gasteiger partial charge on any atom is -0.482 e. The quantitative estimate of drug-likeness (QED) is 0.822. The van der Waals surface area contributed by atoms with E-state index in [2.05, 4.69) is 10.1 Å². The number of halogens is 2. The second-order valence-corrected chi connectivity index (χ2v) is 5.93. The third-order valence-electron chi connectivity index (χ3n) is 3.28. The summed E-state index contributed by atoms with van der Waals surface area (Å²) >= 11 is 5.66. The minimum absolute atomic E-state index is 0.0579. The first-order valence-corrected chi connectivity index (χ1v) is 7.01. The smallest absolute Gasteiger partial charge is 0.292 e. The summed E-state index contributed by atoms with van der Waals surface area (Å²) in [6.45, 7) is 4.01. The lowest BCUT2D eigenvalue weighted by Gasteiger charge is -2.29. The number of rotatable bonds is 2. The highest BCUT2D eigenvalue weighted by Gasteiger charge is 2.27. The Morgan fingerprint density at radius 1 is 1.33 bits per heavy atom. The van der Waals surface area contributed by atoms with E-state index in [0.29, 0.717) is 23.0 Å². The summed E-state index contributed by atoms with van der Waals surface area (Å²) in [5, 5.41) is 3.92. The molecule has 0 atom stereocenters. The topological polar surface area (TPSA) is 48.2 Å². The van der Waals surface area contributed by atoms with Crippen molar-refractivity contribution in [2.75, 3.05) is 0 Å². The molecule has 21 heavy (non-hydrogen) atoms. The molecule has 1 aliphatic heterocycles. The van der Waals surface area contributed by atoms with Gasteiger partial charge < -0.3 is 9.26 Å². The molecule has 0 amide bonds. The SMILES string of the molecule is CC1(C)CCC=C(c2nc(-c3ccc(Cl)c(F)c3)no2)O1. The Hall–Kier alpha value is -1.88. The lowest BCUT2D eigenvalue weighted by Crippen LogP contribution is -2.26. The van der Waals surface area contributed by atoms with Crippen molar-refractivity contribution in [1.29, 1.82) is 0 Å². The molecule has 0 bridgehead atoms. The molecule has 3 rings (SSSR count). The Morgan fingerprint density at radius 2 is 2.14 bits per heavy atom. The summed E-state index contributed by atoms with van der Waals surface area (Å²) in [4.78, 5) is 4.26. The molecule has 0 unspecified atom stereocenters. The van der Waals surface area contributed by atoms with Crippen LogP contribution in [0.15, 0.2) is 28.8 Å². The number of hydrogen-bond donors (Lipinski definition) is 0. The van der Waals surface area contributed by atoms with Gasteiger partial charge in [0.2, 0.25) is 5.82 Å². The van der Waals surface area contributed by atoms with Gasteiger partial charge in [-0.25, -0.2) is 4.39 Å². The molecule has 1 aromatic carbocycles. The molecule has 0 N–H and O–H groups in total. The van der Waals surface area contributed by atoms with Crippen molar-refractivity contribution in [3.8, 4) is 11.4 Å². The van der Waals surface area contributed by atoms with E-state index in [1.165, 1.54) is 12.1 Å². The van der Waals surface area contributed by atoms with Crippen LogP contribution in [0, 0.1) is 5.82 Å². The number of aromatic nitrogens is 2. The van der Waals surface area contributed by atoms with Gasteiger partial charge in [-0.2, -0.15) is 4.98 Å². The van der Waals surface area contributed by atoms with Gasteiger partial charge in [-0.1, -0.05) is 16.8 Å². The van der Waals surface area contributed by atoms with Gasteiger partial charge in [-0.3, -0.25) is 0 Å². The summed E-state index contributed by atoms with van der Waals surface area (Å²) in [5.41, 5.74) is 0.244. The Kier molecular flexibility index (Phi) is 3.45. The summed E-state index contributed by atoms with van der Waals surface area (Å²) in [5.74, 6) is 0.649. The third-order valence-corrected chi connectivity index (χ3v) is 3.58. The van der Waals surface area contributed by atoms with Crippen LogP contribution in [0.25, 0.3) is 17.1 Å². The maximum absolute atomic E-state index is 13.5. The molecule has 0 saturated carbocycles. The van der Waals surface area contributed by atoms with Crippen molar-refractivity contribution < 1.29 is 13.7 Å². The number of hydrogen-bond acceptors (Lipinski definition) is 4. The van der Waals surface area contributed by atoms with Crippen LogP contribution >= 0.6 is 11.6 Å². The lowest BCUT2D eigenvalue weighted by molar-refractivity contribution is 0.0547. The van der Waals surface area contributed by atoms with E-state index in [1.54, 1.807) is 6.07 Å². The van der Waals surface area contributed by atoms with Crippen molar-refractivity contribution in [3.63, 3.8) is 0 Å². The Labute approximate surface area is 126 Å². The van der Waals surface area contributed by atoms with E-state index in [4.69, 9.17) is 20.9 Å². The van der Waals surface area contributed by atoms with Gasteiger partial charge in [0.05, 0.1) is 5.02 Å². The van der Waals surface area contributed by atoms with Crippen LogP contribution < -0.4 is 0 Å². The van der Waals surface area contributed by atoms with Gasteiger partial charge in [-0.05, 0) is 51.0 Å². The molecule has 2 heterocycles. The van der Waals surface area contributed by atoms with Gasteiger partial charge in [0.15, 0.2) is 5.76 Å². The van der Waals surface area contributed by atoms with E-state index >= 15 is 0 Å². The highest BCUT2D eigenvalue weighted by atomic mass is 35.5. The van der Waals surface area contributed by atoms with E-state index < -0.39 is 5.82 Å². The molecule has 110 valence electrons. The fourth-order valence-electron chi connectivity index (χ4n) is 2.15. The highest BCUT2D eigenvalue weighted by Crippen LogP contribution is 2.32.